The molecule has 0 unspecified atom stereocenters. The van der Waals surface area contributed by atoms with Gasteiger partial charge < -0.3 is 0 Å². The van der Waals surface area contributed by atoms with Gasteiger partial charge in [-0.1, -0.05) is 39.0 Å². The van der Waals surface area contributed by atoms with Crippen LogP contribution in [-0.4, -0.2) is 4.98 Å². The standard InChI is InChI=1S/C21H31F2N/c1-2-15-5-9-18(10-6-15)19-11-7-16(8-12-19)3-4-17-13-20(22)21(23)24-14-17/h13-16,18-19H,2-12H2,1H3/t15-,16-,18-,19-. The van der Waals surface area contributed by atoms with Crippen LogP contribution in [0.25, 0.3) is 0 Å². The van der Waals surface area contributed by atoms with E-state index in [1.165, 1.54) is 70.1 Å². The van der Waals surface area contributed by atoms with Gasteiger partial charge in [0.1, 0.15) is 0 Å². The summed E-state index contributed by atoms with van der Waals surface area (Å²) in [5, 5.41) is 0. The molecule has 0 aromatic carbocycles. The van der Waals surface area contributed by atoms with Crippen molar-refractivity contribution in [2.24, 2.45) is 23.7 Å². The molecule has 0 amide bonds. The van der Waals surface area contributed by atoms with Gasteiger partial charge in [-0.3, -0.25) is 0 Å². The van der Waals surface area contributed by atoms with Crippen molar-refractivity contribution >= 4 is 0 Å². The summed E-state index contributed by atoms with van der Waals surface area (Å²) < 4.78 is 26.1. The fourth-order valence-electron chi connectivity index (χ4n) is 4.98. The predicted octanol–water partition coefficient (Wildman–Crippen LogP) is 6.32. The van der Waals surface area contributed by atoms with E-state index < -0.39 is 11.8 Å². The van der Waals surface area contributed by atoms with Crippen LogP contribution >= 0.6 is 0 Å². The molecule has 2 aliphatic carbocycles. The molecule has 1 nitrogen and oxygen atoms in total. The van der Waals surface area contributed by atoms with Crippen LogP contribution in [0.4, 0.5) is 8.78 Å². The first-order valence-electron chi connectivity index (χ1n) is 9.95. The van der Waals surface area contributed by atoms with E-state index in [9.17, 15) is 8.78 Å². The van der Waals surface area contributed by atoms with Crippen molar-refractivity contribution in [2.75, 3.05) is 0 Å². The predicted molar refractivity (Wildman–Crippen MR) is 93.7 cm³/mol. The van der Waals surface area contributed by atoms with Gasteiger partial charge in [-0.05, 0) is 73.8 Å². The Kier molecular flexibility index (Phi) is 6.24. The topological polar surface area (TPSA) is 12.9 Å². The first-order chi connectivity index (χ1) is 11.7. The van der Waals surface area contributed by atoms with E-state index >= 15 is 0 Å². The zero-order valence-corrected chi connectivity index (χ0v) is 14.9. The Bertz CT molecular complexity index is 515. The average molecular weight is 335 g/mol. The molecule has 0 N–H and O–H groups in total. The summed E-state index contributed by atoms with van der Waals surface area (Å²) in [4.78, 5) is 3.49. The van der Waals surface area contributed by atoms with Crippen molar-refractivity contribution in [3.8, 4) is 0 Å². The number of hydrogen-bond donors (Lipinski definition) is 0. The zero-order valence-electron chi connectivity index (χ0n) is 14.9. The maximum Gasteiger partial charge on any atom is 0.248 e. The monoisotopic (exact) mass is 335 g/mol. The summed E-state index contributed by atoms with van der Waals surface area (Å²) in [6.45, 7) is 2.33. The summed E-state index contributed by atoms with van der Waals surface area (Å²) in [7, 11) is 0. The lowest BCUT2D eigenvalue weighted by molar-refractivity contribution is 0.142. The number of aromatic nitrogens is 1. The van der Waals surface area contributed by atoms with Crippen LogP contribution in [0.2, 0.25) is 0 Å². The number of rotatable bonds is 5. The third-order valence-electron chi connectivity index (χ3n) is 6.72. The highest BCUT2D eigenvalue weighted by Crippen LogP contribution is 2.42. The van der Waals surface area contributed by atoms with Gasteiger partial charge in [0.15, 0.2) is 5.82 Å². The van der Waals surface area contributed by atoms with Gasteiger partial charge in [0.2, 0.25) is 5.95 Å². The Morgan fingerprint density at radius 3 is 2.04 bits per heavy atom. The van der Waals surface area contributed by atoms with Gasteiger partial charge in [-0.25, -0.2) is 9.37 Å². The first-order valence-corrected chi connectivity index (χ1v) is 9.95. The Morgan fingerprint density at radius 2 is 1.50 bits per heavy atom. The third kappa shape index (κ3) is 4.55. The molecular weight excluding hydrogens is 304 g/mol. The molecule has 2 fully saturated rings. The zero-order chi connectivity index (χ0) is 16.9. The number of aryl methyl sites for hydroxylation is 1. The molecule has 0 radical (unpaired) electrons. The Labute approximate surface area is 145 Å². The summed E-state index contributed by atoms with van der Waals surface area (Å²) >= 11 is 0. The number of nitrogens with zero attached hydrogens (tertiary/aromatic N) is 1. The molecule has 134 valence electrons. The molecule has 2 saturated carbocycles. The normalized spacial score (nSPS) is 31.1. The van der Waals surface area contributed by atoms with Gasteiger partial charge in [0.25, 0.3) is 0 Å². The summed E-state index contributed by atoms with van der Waals surface area (Å²) in [6, 6.07) is 1.31. The molecule has 0 saturated heterocycles. The average Bonchev–Trinajstić information content (AvgIpc) is 2.63. The molecule has 0 bridgehead atoms. The van der Waals surface area contributed by atoms with Crippen molar-refractivity contribution in [3.63, 3.8) is 0 Å². The van der Waals surface area contributed by atoms with Crippen molar-refractivity contribution < 1.29 is 8.78 Å². The molecule has 0 atom stereocenters. The fraction of sp³-hybridized carbons (Fsp3) is 0.762. The summed E-state index contributed by atoms with van der Waals surface area (Å²) in [5.74, 6) is 1.85. The van der Waals surface area contributed by atoms with Gasteiger partial charge in [0, 0.05) is 6.20 Å². The lowest BCUT2D eigenvalue weighted by atomic mass is 9.68. The highest BCUT2D eigenvalue weighted by Gasteiger charge is 2.30. The van der Waals surface area contributed by atoms with Crippen LogP contribution < -0.4 is 0 Å². The van der Waals surface area contributed by atoms with Crippen molar-refractivity contribution in [1.82, 2.24) is 4.98 Å². The van der Waals surface area contributed by atoms with Crippen LogP contribution in [0.1, 0.15) is 76.7 Å². The lowest BCUT2D eigenvalue weighted by Gasteiger charge is -2.37. The Balaban J connectivity index is 1.40. The molecule has 1 heterocycles. The van der Waals surface area contributed by atoms with Gasteiger partial charge in [0.05, 0.1) is 0 Å². The highest BCUT2D eigenvalue weighted by molar-refractivity contribution is 5.11. The van der Waals surface area contributed by atoms with E-state index in [0.717, 1.165) is 42.1 Å². The molecule has 0 spiro atoms. The molecule has 3 rings (SSSR count). The summed E-state index contributed by atoms with van der Waals surface area (Å²) in [6.07, 6.45) is 15.9. The second-order valence-electron chi connectivity index (χ2n) is 8.12. The Hall–Kier alpha value is -0.990. The highest BCUT2D eigenvalue weighted by atomic mass is 19.2. The van der Waals surface area contributed by atoms with Crippen molar-refractivity contribution in [1.29, 1.82) is 0 Å². The quantitative estimate of drug-likeness (QED) is 0.574. The van der Waals surface area contributed by atoms with Gasteiger partial charge >= 0.3 is 0 Å². The number of pyridine rings is 1. The maximum absolute atomic E-state index is 13.2. The molecule has 24 heavy (non-hydrogen) atoms. The van der Waals surface area contributed by atoms with Crippen LogP contribution in [0, 0.1) is 35.4 Å². The van der Waals surface area contributed by atoms with Gasteiger partial charge in [-0.2, -0.15) is 4.39 Å². The van der Waals surface area contributed by atoms with Crippen molar-refractivity contribution in [3.05, 3.63) is 29.6 Å². The van der Waals surface area contributed by atoms with Crippen molar-refractivity contribution in [2.45, 2.75) is 77.6 Å². The van der Waals surface area contributed by atoms with E-state index in [1.807, 2.05) is 0 Å². The van der Waals surface area contributed by atoms with Crippen LogP contribution in [0.15, 0.2) is 12.3 Å². The van der Waals surface area contributed by atoms with Gasteiger partial charge in [-0.15, -0.1) is 0 Å². The summed E-state index contributed by atoms with van der Waals surface area (Å²) in [5.41, 5.74) is 0.828. The lowest BCUT2D eigenvalue weighted by Crippen LogP contribution is -2.25. The second-order valence-corrected chi connectivity index (χ2v) is 8.12. The number of halogens is 2. The molecule has 1 aromatic rings. The first kappa shape index (κ1) is 17.8. The van der Waals surface area contributed by atoms with E-state index in [-0.39, 0.29) is 0 Å². The minimum Gasteiger partial charge on any atom is -0.225 e. The molecule has 2 aliphatic rings. The van der Waals surface area contributed by atoms with E-state index in [1.54, 1.807) is 0 Å². The van der Waals surface area contributed by atoms with E-state index in [2.05, 4.69) is 11.9 Å². The van der Waals surface area contributed by atoms with E-state index in [0.29, 0.717) is 0 Å². The second kappa shape index (κ2) is 8.40. The minimum atomic E-state index is -0.989. The van der Waals surface area contributed by atoms with Crippen LogP contribution in [0.5, 0.6) is 0 Å². The van der Waals surface area contributed by atoms with Crippen LogP contribution in [0.3, 0.4) is 0 Å². The third-order valence-corrected chi connectivity index (χ3v) is 6.72. The number of hydrogen-bond acceptors (Lipinski definition) is 1. The SMILES string of the molecule is CC[C@H]1CC[C@H]([C@H]2CC[C@H](CCc3cnc(F)c(F)c3)CC2)CC1. The molecule has 0 aliphatic heterocycles. The molecule has 3 heteroatoms. The fourth-order valence-corrected chi connectivity index (χ4v) is 4.98. The molecule has 1 aromatic heterocycles. The Morgan fingerprint density at radius 1 is 0.917 bits per heavy atom. The van der Waals surface area contributed by atoms with E-state index in [4.69, 9.17) is 0 Å². The molecular formula is C21H31F2N. The minimum absolute atomic E-state index is 0.751. The largest absolute Gasteiger partial charge is 0.248 e. The smallest absolute Gasteiger partial charge is 0.225 e. The maximum atomic E-state index is 13.2. The van der Waals surface area contributed by atoms with Crippen LogP contribution in [-0.2, 0) is 6.42 Å².